The quantitative estimate of drug-likeness (QED) is 0.787. The van der Waals surface area contributed by atoms with Gasteiger partial charge in [-0.3, -0.25) is 9.59 Å². The van der Waals surface area contributed by atoms with Gasteiger partial charge in [0.15, 0.2) is 0 Å². The predicted octanol–water partition coefficient (Wildman–Crippen LogP) is 1.68. The van der Waals surface area contributed by atoms with Crippen LogP contribution in [-0.2, 0) is 9.59 Å². The van der Waals surface area contributed by atoms with Gasteiger partial charge >= 0.3 is 5.97 Å². The summed E-state index contributed by atoms with van der Waals surface area (Å²) in [5, 5.41) is 9.20. The van der Waals surface area contributed by atoms with Crippen LogP contribution in [0.2, 0.25) is 0 Å². The Morgan fingerprint density at radius 2 is 2.12 bits per heavy atom. The molecule has 0 aromatic carbocycles. The van der Waals surface area contributed by atoms with Crippen LogP contribution in [0.1, 0.15) is 40.0 Å². The van der Waals surface area contributed by atoms with E-state index in [-0.39, 0.29) is 29.6 Å². The van der Waals surface area contributed by atoms with Gasteiger partial charge in [-0.2, -0.15) is 0 Å². The van der Waals surface area contributed by atoms with E-state index in [9.17, 15) is 14.7 Å². The fourth-order valence-electron chi connectivity index (χ4n) is 2.99. The molecule has 0 aromatic rings. The summed E-state index contributed by atoms with van der Waals surface area (Å²) in [7, 11) is 0. The zero-order valence-electron chi connectivity index (χ0n) is 10.9. The van der Waals surface area contributed by atoms with Gasteiger partial charge in [-0.15, -0.1) is 0 Å². The minimum Gasteiger partial charge on any atom is -0.481 e. The van der Waals surface area contributed by atoms with Crippen molar-refractivity contribution in [3.8, 4) is 0 Å². The maximum atomic E-state index is 11.6. The first kappa shape index (κ1) is 14.2. The highest BCUT2D eigenvalue weighted by Gasteiger charge is 2.42. The van der Waals surface area contributed by atoms with E-state index in [1.807, 2.05) is 0 Å². The Morgan fingerprint density at radius 1 is 1.53 bits per heavy atom. The third-order valence-electron chi connectivity index (χ3n) is 3.91. The molecule has 0 spiro atoms. The number of hydrogen-bond donors (Lipinski definition) is 2. The number of nitrogens with two attached hydrogens (primary N) is 1. The molecule has 0 amide bonds. The number of carbonyl (C=O) groups is 2. The zero-order chi connectivity index (χ0) is 13.2. The summed E-state index contributed by atoms with van der Waals surface area (Å²) in [6.07, 6.45) is 1.74. The highest BCUT2D eigenvalue weighted by Crippen LogP contribution is 2.43. The van der Waals surface area contributed by atoms with Crippen LogP contribution in [0.5, 0.6) is 0 Å². The Hall–Kier alpha value is -0.900. The standard InChI is InChI=1S/C13H23NO3/c1-13(2,3)11-5-4-8(15)6-9(11)10(7-14)12(16)17/h9-11H,4-7,14H2,1-3H3,(H,16,17). The van der Waals surface area contributed by atoms with Crippen molar-refractivity contribution >= 4 is 11.8 Å². The number of aliphatic carboxylic acids is 1. The average Bonchev–Trinajstić information content (AvgIpc) is 2.16. The van der Waals surface area contributed by atoms with Crippen molar-refractivity contribution in [2.45, 2.75) is 40.0 Å². The summed E-state index contributed by atoms with van der Waals surface area (Å²) in [6, 6.07) is 0. The number of ketones is 1. The van der Waals surface area contributed by atoms with Crippen LogP contribution in [0.3, 0.4) is 0 Å². The molecule has 0 bridgehead atoms. The second-order valence-electron chi connectivity index (χ2n) is 6.10. The first-order valence-electron chi connectivity index (χ1n) is 6.22. The third-order valence-corrected chi connectivity index (χ3v) is 3.91. The third kappa shape index (κ3) is 3.28. The van der Waals surface area contributed by atoms with Gasteiger partial charge in [-0.25, -0.2) is 0 Å². The fourth-order valence-corrected chi connectivity index (χ4v) is 2.99. The van der Waals surface area contributed by atoms with Gasteiger partial charge in [0.05, 0.1) is 5.92 Å². The van der Waals surface area contributed by atoms with Crippen molar-refractivity contribution in [1.82, 2.24) is 0 Å². The van der Waals surface area contributed by atoms with Crippen LogP contribution >= 0.6 is 0 Å². The number of rotatable bonds is 3. The fraction of sp³-hybridized carbons (Fsp3) is 0.846. The number of carbonyl (C=O) groups excluding carboxylic acids is 1. The zero-order valence-corrected chi connectivity index (χ0v) is 10.9. The molecule has 1 saturated carbocycles. The first-order valence-corrected chi connectivity index (χ1v) is 6.22. The van der Waals surface area contributed by atoms with E-state index in [0.29, 0.717) is 12.8 Å². The van der Waals surface area contributed by atoms with Gasteiger partial charge in [0.2, 0.25) is 0 Å². The number of carboxylic acids is 1. The molecule has 1 aliphatic rings. The summed E-state index contributed by atoms with van der Waals surface area (Å²) in [5.41, 5.74) is 5.59. The molecule has 4 nitrogen and oxygen atoms in total. The summed E-state index contributed by atoms with van der Waals surface area (Å²) in [5.74, 6) is -1.15. The minimum atomic E-state index is -0.874. The second kappa shape index (κ2) is 5.17. The van der Waals surface area contributed by atoms with Crippen LogP contribution in [0, 0.1) is 23.2 Å². The molecule has 3 unspecified atom stereocenters. The monoisotopic (exact) mass is 241 g/mol. The maximum absolute atomic E-state index is 11.6. The van der Waals surface area contributed by atoms with Gasteiger partial charge in [0, 0.05) is 19.4 Å². The lowest BCUT2D eigenvalue weighted by Gasteiger charge is -2.42. The molecule has 0 radical (unpaired) electrons. The molecule has 17 heavy (non-hydrogen) atoms. The van der Waals surface area contributed by atoms with Crippen molar-refractivity contribution < 1.29 is 14.7 Å². The van der Waals surface area contributed by atoms with Gasteiger partial charge in [0.1, 0.15) is 5.78 Å². The SMILES string of the molecule is CC(C)(C)C1CCC(=O)CC1C(CN)C(=O)O. The van der Waals surface area contributed by atoms with Crippen LogP contribution in [0.15, 0.2) is 0 Å². The van der Waals surface area contributed by atoms with Crippen LogP contribution in [0.25, 0.3) is 0 Å². The molecule has 4 heteroatoms. The van der Waals surface area contributed by atoms with Crippen LogP contribution in [-0.4, -0.2) is 23.4 Å². The molecule has 3 N–H and O–H groups in total. The lowest BCUT2D eigenvalue weighted by Crippen LogP contribution is -2.43. The number of Topliss-reactive ketones (excluding diaryl/α,β-unsaturated/α-hetero) is 1. The highest BCUT2D eigenvalue weighted by molar-refractivity contribution is 5.81. The minimum absolute atomic E-state index is 0.0221. The number of hydrogen-bond acceptors (Lipinski definition) is 3. The number of carboxylic acid groups (broad SMARTS) is 1. The van der Waals surface area contributed by atoms with E-state index in [0.717, 1.165) is 6.42 Å². The molecule has 0 heterocycles. The Bertz CT molecular complexity index is 306. The lowest BCUT2D eigenvalue weighted by atomic mass is 9.62. The smallest absolute Gasteiger partial charge is 0.308 e. The topological polar surface area (TPSA) is 80.4 Å². The first-order chi connectivity index (χ1) is 7.77. The molecule has 98 valence electrons. The Kier molecular flexibility index (Phi) is 4.31. The molecular weight excluding hydrogens is 218 g/mol. The van der Waals surface area contributed by atoms with Crippen molar-refractivity contribution in [2.24, 2.45) is 28.9 Å². The second-order valence-corrected chi connectivity index (χ2v) is 6.10. The Morgan fingerprint density at radius 3 is 2.53 bits per heavy atom. The van der Waals surface area contributed by atoms with Gasteiger partial charge in [-0.1, -0.05) is 20.8 Å². The average molecular weight is 241 g/mol. The summed E-state index contributed by atoms with van der Waals surface area (Å²) < 4.78 is 0. The molecule has 0 aliphatic heterocycles. The highest BCUT2D eigenvalue weighted by atomic mass is 16.4. The molecule has 1 fully saturated rings. The van der Waals surface area contributed by atoms with Crippen LogP contribution in [0.4, 0.5) is 0 Å². The molecule has 1 aliphatic carbocycles. The van der Waals surface area contributed by atoms with Crippen molar-refractivity contribution in [1.29, 1.82) is 0 Å². The Balaban J connectivity index is 2.95. The van der Waals surface area contributed by atoms with E-state index in [2.05, 4.69) is 20.8 Å². The predicted molar refractivity (Wildman–Crippen MR) is 65.5 cm³/mol. The largest absolute Gasteiger partial charge is 0.481 e. The molecule has 0 saturated heterocycles. The molecule has 3 atom stereocenters. The maximum Gasteiger partial charge on any atom is 0.308 e. The van der Waals surface area contributed by atoms with Gasteiger partial charge in [-0.05, 0) is 23.7 Å². The Labute approximate surface area is 103 Å². The van der Waals surface area contributed by atoms with E-state index in [4.69, 9.17) is 5.73 Å². The normalized spacial score (nSPS) is 27.9. The lowest BCUT2D eigenvalue weighted by molar-refractivity contribution is -0.146. The summed E-state index contributed by atoms with van der Waals surface area (Å²) >= 11 is 0. The van der Waals surface area contributed by atoms with Crippen molar-refractivity contribution in [3.05, 3.63) is 0 Å². The van der Waals surface area contributed by atoms with E-state index >= 15 is 0 Å². The molecule has 1 rings (SSSR count). The summed E-state index contributed by atoms with van der Waals surface area (Å²) in [4.78, 5) is 22.8. The van der Waals surface area contributed by atoms with Crippen molar-refractivity contribution in [3.63, 3.8) is 0 Å². The van der Waals surface area contributed by atoms with E-state index in [1.54, 1.807) is 0 Å². The van der Waals surface area contributed by atoms with Gasteiger partial charge in [0.25, 0.3) is 0 Å². The van der Waals surface area contributed by atoms with Gasteiger partial charge < -0.3 is 10.8 Å². The molecule has 0 aromatic heterocycles. The van der Waals surface area contributed by atoms with Crippen molar-refractivity contribution in [2.75, 3.05) is 6.54 Å². The summed E-state index contributed by atoms with van der Waals surface area (Å²) in [6.45, 7) is 6.43. The van der Waals surface area contributed by atoms with E-state index in [1.165, 1.54) is 0 Å². The van der Waals surface area contributed by atoms with Crippen LogP contribution < -0.4 is 5.73 Å². The van der Waals surface area contributed by atoms with E-state index < -0.39 is 11.9 Å². The molecular formula is C13H23NO3.